The predicted octanol–water partition coefficient (Wildman–Crippen LogP) is 2.03. The van der Waals surface area contributed by atoms with Crippen molar-refractivity contribution in [1.82, 2.24) is 10.3 Å². The fourth-order valence-electron chi connectivity index (χ4n) is 3.11. The lowest BCUT2D eigenvalue weighted by Crippen LogP contribution is -2.36. The summed E-state index contributed by atoms with van der Waals surface area (Å²) in [6.45, 7) is 0. The first kappa shape index (κ1) is 11.5. The van der Waals surface area contributed by atoms with E-state index < -0.39 is 0 Å². The van der Waals surface area contributed by atoms with Crippen LogP contribution in [0.4, 0.5) is 0 Å². The van der Waals surface area contributed by atoms with Crippen LogP contribution in [0.25, 0.3) is 10.9 Å². The maximum Gasteiger partial charge on any atom is 0.223 e. The first-order valence-electron chi connectivity index (χ1n) is 7.08. The number of aromatic amines is 1. The van der Waals surface area contributed by atoms with E-state index in [4.69, 9.17) is 5.26 Å². The van der Waals surface area contributed by atoms with Crippen molar-refractivity contribution in [3.8, 4) is 6.07 Å². The molecular weight excluding hydrogens is 250 g/mol. The molecule has 0 aliphatic heterocycles. The van der Waals surface area contributed by atoms with Crippen LogP contribution in [0.5, 0.6) is 0 Å². The summed E-state index contributed by atoms with van der Waals surface area (Å²) in [6, 6.07) is 8.13. The van der Waals surface area contributed by atoms with Crippen molar-refractivity contribution in [3.05, 3.63) is 35.0 Å². The van der Waals surface area contributed by atoms with Gasteiger partial charge in [-0.1, -0.05) is 0 Å². The standard InChI is InChI=1S/C16H15N3O/c17-8-9-1-4-14-12(5-9)13-6-11(7-15(13)19-14)18-16(20)10-2-3-10/h1,4-5,10-11,19H,2-3,6-7H2,(H,18,20). The Morgan fingerprint density at radius 1 is 1.35 bits per heavy atom. The van der Waals surface area contributed by atoms with Crippen molar-refractivity contribution < 1.29 is 4.79 Å². The molecule has 0 radical (unpaired) electrons. The largest absolute Gasteiger partial charge is 0.358 e. The molecule has 0 spiro atoms. The molecular formula is C16H15N3O. The minimum Gasteiger partial charge on any atom is -0.358 e. The van der Waals surface area contributed by atoms with Gasteiger partial charge in [0, 0.05) is 35.0 Å². The number of fused-ring (bicyclic) bond motifs is 3. The van der Waals surface area contributed by atoms with Crippen LogP contribution in [0.15, 0.2) is 18.2 Å². The van der Waals surface area contributed by atoms with E-state index >= 15 is 0 Å². The van der Waals surface area contributed by atoms with E-state index in [1.54, 1.807) is 0 Å². The summed E-state index contributed by atoms with van der Waals surface area (Å²) >= 11 is 0. The van der Waals surface area contributed by atoms with Gasteiger partial charge in [-0.15, -0.1) is 0 Å². The minimum absolute atomic E-state index is 0.208. The molecule has 2 aromatic rings. The molecule has 0 bridgehead atoms. The van der Waals surface area contributed by atoms with Crippen LogP contribution in [0, 0.1) is 17.2 Å². The first-order valence-corrected chi connectivity index (χ1v) is 7.08. The molecule has 100 valence electrons. The van der Waals surface area contributed by atoms with Gasteiger partial charge in [0.25, 0.3) is 0 Å². The van der Waals surface area contributed by atoms with E-state index in [0.717, 1.165) is 36.6 Å². The molecule has 1 fully saturated rings. The molecule has 1 amide bonds. The first-order chi connectivity index (χ1) is 9.74. The molecule has 20 heavy (non-hydrogen) atoms. The molecule has 4 rings (SSSR count). The highest BCUT2D eigenvalue weighted by Crippen LogP contribution is 2.32. The number of aromatic nitrogens is 1. The van der Waals surface area contributed by atoms with Gasteiger partial charge in [-0.3, -0.25) is 4.79 Å². The van der Waals surface area contributed by atoms with Gasteiger partial charge in [0.15, 0.2) is 0 Å². The average molecular weight is 265 g/mol. The third-order valence-corrected chi connectivity index (χ3v) is 4.32. The summed E-state index contributed by atoms with van der Waals surface area (Å²) in [7, 11) is 0. The summed E-state index contributed by atoms with van der Waals surface area (Å²) < 4.78 is 0. The van der Waals surface area contributed by atoms with Gasteiger partial charge in [-0.25, -0.2) is 0 Å². The molecule has 1 heterocycles. The fraction of sp³-hybridized carbons (Fsp3) is 0.375. The summed E-state index contributed by atoms with van der Waals surface area (Å²) in [6.07, 6.45) is 3.81. The number of nitriles is 1. The predicted molar refractivity (Wildman–Crippen MR) is 75.1 cm³/mol. The Kier molecular flexibility index (Phi) is 2.37. The van der Waals surface area contributed by atoms with Gasteiger partial charge >= 0.3 is 0 Å². The number of carbonyl (C=O) groups excluding carboxylic acids is 1. The molecule has 2 aliphatic rings. The Hall–Kier alpha value is -2.28. The normalized spacial score (nSPS) is 20.6. The monoisotopic (exact) mass is 265 g/mol. The van der Waals surface area contributed by atoms with Crippen molar-refractivity contribution in [2.75, 3.05) is 0 Å². The molecule has 1 atom stereocenters. The van der Waals surface area contributed by atoms with Gasteiger partial charge in [0.05, 0.1) is 11.6 Å². The lowest BCUT2D eigenvalue weighted by molar-refractivity contribution is -0.122. The summed E-state index contributed by atoms with van der Waals surface area (Å²) in [4.78, 5) is 15.2. The number of H-pyrrole nitrogens is 1. The molecule has 2 aliphatic carbocycles. The number of amides is 1. The molecule has 4 heteroatoms. The molecule has 1 aromatic carbocycles. The van der Waals surface area contributed by atoms with Crippen LogP contribution in [-0.2, 0) is 17.6 Å². The highest BCUT2D eigenvalue weighted by molar-refractivity contribution is 5.87. The number of benzene rings is 1. The number of hydrogen-bond acceptors (Lipinski definition) is 2. The third kappa shape index (κ3) is 1.78. The Labute approximate surface area is 116 Å². The lowest BCUT2D eigenvalue weighted by atomic mass is 10.1. The van der Waals surface area contributed by atoms with E-state index in [-0.39, 0.29) is 17.9 Å². The molecule has 1 unspecified atom stereocenters. The second kappa shape index (κ2) is 4.11. The molecule has 2 N–H and O–H groups in total. The van der Waals surface area contributed by atoms with Crippen molar-refractivity contribution >= 4 is 16.8 Å². The molecule has 4 nitrogen and oxygen atoms in total. The van der Waals surface area contributed by atoms with Gasteiger partial charge < -0.3 is 10.3 Å². The Morgan fingerprint density at radius 3 is 2.95 bits per heavy atom. The summed E-state index contributed by atoms with van der Waals surface area (Å²) in [5, 5.41) is 13.3. The number of nitrogens with zero attached hydrogens (tertiary/aromatic N) is 1. The zero-order valence-electron chi connectivity index (χ0n) is 11.1. The van der Waals surface area contributed by atoms with Crippen LogP contribution >= 0.6 is 0 Å². The van der Waals surface area contributed by atoms with Crippen LogP contribution in [-0.4, -0.2) is 16.9 Å². The number of hydrogen-bond donors (Lipinski definition) is 2. The summed E-state index contributed by atoms with van der Waals surface area (Å²) in [5.74, 6) is 0.470. The molecule has 0 saturated heterocycles. The maximum absolute atomic E-state index is 11.8. The van der Waals surface area contributed by atoms with Gasteiger partial charge in [-0.2, -0.15) is 5.26 Å². The van der Waals surface area contributed by atoms with E-state index in [1.807, 2.05) is 18.2 Å². The molecule has 1 aromatic heterocycles. The van der Waals surface area contributed by atoms with Crippen molar-refractivity contribution in [2.45, 2.75) is 31.7 Å². The Balaban J connectivity index is 1.61. The van der Waals surface area contributed by atoms with Crippen LogP contribution in [0.3, 0.4) is 0 Å². The number of nitrogens with one attached hydrogen (secondary N) is 2. The summed E-state index contributed by atoms with van der Waals surface area (Å²) in [5.41, 5.74) is 4.24. The average Bonchev–Trinajstić information content (AvgIpc) is 3.15. The van der Waals surface area contributed by atoms with E-state index in [9.17, 15) is 4.79 Å². The van der Waals surface area contributed by atoms with Crippen LogP contribution in [0.1, 0.15) is 29.7 Å². The highest BCUT2D eigenvalue weighted by atomic mass is 16.2. The number of rotatable bonds is 2. The second-order valence-corrected chi connectivity index (χ2v) is 5.84. The topological polar surface area (TPSA) is 68.7 Å². The van der Waals surface area contributed by atoms with E-state index in [2.05, 4.69) is 16.4 Å². The smallest absolute Gasteiger partial charge is 0.223 e. The van der Waals surface area contributed by atoms with Crippen LogP contribution < -0.4 is 5.32 Å². The van der Waals surface area contributed by atoms with Crippen molar-refractivity contribution in [3.63, 3.8) is 0 Å². The zero-order chi connectivity index (χ0) is 13.7. The second-order valence-electron chi connectivity index (χ2n) is 5.84. The van der Waals surface area contributed by atoms with Gasteiger partial charge in [-0.05, 0) is 43.0 Å². The highest BCUT2D eigenvalue weighted by Gasteiger charge is 2.33. The Morgan fingerprint density at radius 2 is 2.20 bits per heavy atom. The van der Waals surface area contributed by atoms with Crippen LogP contribution in [0.2, 0.25) is 0 Å². The van der Waals surface area contributed by atoms with E-state index in [0.29, 0.717) is 5.56 Å². The number of carbonyl (C=O) groups is 1. The van der Waals surface area contributed by atoms with Crippen molar-refractivity contribution in [1.29, 1.82) is 5.26 Å². The van der Waals surface area contributed by atoms with Gasteiger partial charge in [0.2, 0.25) is 5.91 Å². The van der Waals surface area contributed by atoms with Gasteiger partial charge in [0.1, 0.15) is 0 Å². The SMILES string of the molecule is N#Cc1ccc2[nH]c3c(c2c1)CC(NC(=O)C1CC1)C3. The zero-order valence-corrected chi connectivity index (χ0v) is 11.1. The molecule has 1 saturated carbocycles. The Bertz CT molecular complexity index is 749. The van der Waals surface area contributed by atoms with Crippen molar-refractivity contribution in [2.24, 2.45) is 5.92 Å². The van der Waals surface area contributed by atoms with E-state index in [1.165, 1.54) is 11.3 Å². The maximum atomic E-state index is 11.8. The third-order valence-electron chi connectivity index (χ3n) is 4.32. The minimum atomic E-state index is 0.208. The quantitative estimate of drug-likeness (QED) is 0.872. The lowest BCUT2D eigenvalue weighted by Gasteiger charge is -2.11. The fourth-order valence-corrected chi connectivity index (χ4v) is 3.11.